The van der Waals surface area contributed by atoms with Gasteiger partial charge in [0.25, 0.3) is 0 Å². The highest BCUT2D eigenvalue weighted by Crippen LogP contribution is 2.36. The van der Waals surface area contributed by atoms with Crippen LogP contribution in [-0.2, 0) is 6.42 Å². The van der Waals surface area contributed by atoms with Gasteiger partial charge in [0.15, 0.2) is 0 Å². The molecule has 0 saturated heterocycles. The first-order valence-electron chi connectivity index (χ1n) is 4.68. The molecule has 0 unspecified atom stereocenters. The molecule has 1 heterocycles. The number of nitrogens with two attached hydrogens (primary N) is 1. The Kier molecular flexibility index (Phi) is 2.58. The van der Waals surface area contributed by atoms with Gasteiger partial charge in [-0.25, -0.2) is 4.98 Å². The number of halogens is 2. The molecule has 1 fully saturated rings. The average molecular weight is 259 g/mol. The highest BCUT2D eigenvalue weighted by Gasteiger charge is 2.37. The van der Waals surface area contributed by atoms with E-state index in [1.807, 2.05) is 0 Å². The predicted octanol–water partition coefficient (Wildman–Crippen LogP) is 2.41. The Hall–Kier alpha value is -0.480. The molecule has 1 saturated carbocycles. The third-order valence-electron chi connectivity index (χ3n) is 2.66. The minimum absolute atomic E-state index is 0.0191. The molecule has 14 heavy (non-hydrogen) atoms. The number of pyridine rings is 1. The summed E-state index contributed by atoms with van der Waals surface area (Å²) in [6.07, 6.45) is 5.12. The van der Waals surface area contributed by atoms with Crippen molar-refractivity contribution in [1.29, 1.82) is 0 Å². The summed E-state index contributed by atoms with van der Waals surface area (Å²) in [7, 11) is 0. The molecule has 1 aromatic rings. The average Bonchev–Trinajstić information content (AvgIpc) is 2.87. The molecule has 2 N–H and O–H groups in total. The largest absolute Gasteiger partial charge is 0.325 e. The molecule has 0 amide bonds. The van der Waals surface area contributed by atoms with E-state index >= 15 is 0 Å². The summed E-state index contributed by atoms with van der Waals surface area (Å²) >= 11 is 3.27. The van der Waals surface area contributed by atoms with Crippen molar-refractivity contribution >= 4 is 15.9 Å². The van der Waals surface area contributed by atoms with E-state index in [9.17, 15) is 4.39 Å². The molecule has 1 aliphatic carbocycles. The Balaban J connectivity index is 2.04. The highest BCUT2D eigenvalue weighted by atomic mass is 79.9. The van der Waals surface area contributed by atoms with Crippen LogP contribution in [0.25, 0.3) is 0 Å². The molecule has 1 aliphatic rings. The van der Waals surface area contributed by atoms with Crippen LogP contribution in [0.4, 0.5) is 4.39 Å². The number of nitrogens with zero attached hydrogens (tertiary/aromatic N) is 1. The van der Waals surface area contributed by atoms with Crippen LogP contribution in [0, 0.1) is 5.95 Å². The van der Waals surface area contributed by atoms with E-state index in [2.05, 4.69) is 20.9 Å². The Morgan fingerprint density at radius 3 is 2.93 bits per heavy atom. The van der Waals surface area contributed by atoms with Crippen molar-refractivity contribution in [3.05, 3.63) is 28.2 Å². The minimum Gasteiger partial charge on any atom is -0.325 e. The minimum atomic E-state index is -0.377. The van der Waals surface area contributed by atoms with E-state index < -0.39 is 0 Å². The van der Waals surface area contributed by atoms with Gasteiger partial charge in [0.1, 0.15) is 0 Å². The normalized spacial score (nSPS) is 18.2. The second kappa shape index (κ2) is 3.59. The lowest BCUT2D eigenvalue weighted by Gasteiger charge is -2.08. The van der Waals surface area contributed by atoms with Gasteiger partial charge < -0.3 is 5.73 Å². The Labute approximate surface area is 90.8 Å². The first kappa shape index (κ1) is 10.1. The van der Waals surface area contributed by atoms with E-state index in [1.54, 1.807) is 6.07 Å². The molecular formula is C10H12BrFN2. The van der Waals surface area contributed by atoms with E-state index in [0.717, 1.165) is 23.7 Å². The van der Waals surface area contributed by atoms with Gasteiger partial charge in [0, 0.05) is 21.8 Å². The second-order valence-corrected chi connectivity index (χ2v) is 4.88. The molecule has 76 valence electrons. The van der Waals surface area contributed by atoms with Gasteiger partial charge >= 0.3 is 0 Å². The molecule has 0 radical (unpaired) electrons. The van der Waals surface area contributed by atoms with Crippen LogP contribution >= 0.6 is 15.9 Å². The molecule has 0 aromatic carbocycles. The van der Waals surface area contributed by atoms with Crippen molar-refractivity contribution in [2.24, 2.45) is 5.73 Å². The fraction of sp³-hybridized carbons (Fsp3) is 0.500. The molecule has 0 aliphatic heterocycles. The van der Waals surface area contributed by atoms with Crippen molar-refractivity contribution in [2.45, 2.75) is 31.2 Å². The maximum absolute atomic E-state index is 13.2. The molecule has 0 spiro atoms. The van der Waals surface area contributed by atoms with E-state index in [0.29, 0.717) is 12.0 Å². The molecule has 0 bridgehead atoms. The number of aromatic nitrogens is 1. The third kappa shape index (κ3) is 2.30. The fourth-order valence-electron chi connectivity index (χ4n) is 1.43. The van der Waals surface area contributed by atoms with Crippen LogP contribution in [-0.4, -0.2) is 10.5 Å². The Bertz CT molecular complexity index is 350. The topological polar surface area (TPSA) is 38.9 Å². The number of rotatable bonds is 3. The van der Waals surface area contributed by atoms with Crippen molar-refractivity contribution < 1.29 is 4.39 Å². The first-order chi connectivity index (χ1) is 6.59. The number of hydrogen-bond donors (Lipinski definition) is 1. The molecular weight excluding hydrogens is 247 g/mol. The fourth-order valence-corrected chi connectivity index (χ4v) is 1.81. The highest BCUT2D eigenvalue weighted by molar-refractivity contribution is 9.10. The zero-order valence-electron chi connectivity index (χ0n) is 7.76. The van der Waals surface area contributed by atoms with Gasteiger partial charge in [-0.15, -0.1) is 0 Å². The van der Waals surface area contributed by atoms with Crippen molar-refractivity contribution in [3.8, 4) is 0 Å². The summed E-state index contributed by atoms with van der Waals surface area (Å²) < 4.78 is 14.0. The maximum atomic E-state index is 13.2. The van der Waals surface area contributed by atoms with Crippen LogP contribution in [0.5, 0.6) is 0 Å². The van der Waals surface area contributed by atoms with Gasteiger partial charge in [-0.1, -0.05) is 0 Å². The van der Waals surface area contributed by atoms with Crippen LogP contribution in [0.15, 0.2) is 16.7 Å². The summed E-state index contributed by atoms with van der Waals surface area (Å²) in [6, 6.07) is 1.77. The molecule has 1 aromatic heterocycles. The first-order valence-corrected chi connectivity index (χ1v) is 5.47. The van der Waals surface area contributed by atoms with Crippen LogP contribution in [0.2, 0.25) is 0 Å². The lowest BCUT2D eigenvalue weighted by molar-refractivity contribution is 0.543. The zero-order valence-corrected chi connectivity index (χ0v) is 9.35. The number of hydrogen-bond acceptors (Lipinski definition) is 2. The summed E-state index contributed by atoms with van der Waals surface area (Å²) in [6.45, 7) is 0. The molecule has 4 heteroatoms. The van der Waals surface area contributed by atoms with E-state index in [-0.39, 0.29) is 11.5 Å². The second-order valence-electron chi connectivity index (χ2n) is 3.97. The zero-order chi connectivity index (χ0) is 10.2. The predicted molar refractivity (Wildman–Crippen MR) is 56.4 cm³/mol. The lowest BCUT2D eigenvalue weighted by Crippen LogP contribution is -2.22. The van der Waals surface area contributed by atoms with Crippen LogP contribution in [0.3, 0.4) is 0 Å². The smallest absolute Gasteiger partial charge is 0.216 e. The summed E-state index contributed by atoms with van der Waals surface area (Å²) in [5.74, 6) is -0.377. The van der Waals surface area contributed by atoms with Crippen LogP contribution < -0.4 is 5.73 Å². The van der Waals surface area contributed by atoms with Gasteiger partial charge in [-0.3, -0.25) is 0 Å². The summed E-state index contributed by atoms with van der Waals surface area (Å²) in [5.41, 5.74) is 6.56. The van der Waals surface area contributed by atoms with Crippen LogP contribution in [0.1, 0.15) is 24.8 Å². The summed E-state index contributed by atoms with van der Waals surface area (Å²) in [5, 5.41) is 0. The Morgan fingerprint density at radius 1 is 1.57 bits per heavy atom. The van der Waals surface area contributed by atoms with Crippen molar-refractivity contribution in [1.82, 2.24) is 4.98 Å². The van der Waals surface area contributed by atoms with Gasteiger partial charge in [0.05, 0.1) is 0 Å². The maximum Gasteiger partial charge on any atom is 0.216 e. The van der Waals surface area contributed by atoms with Gasteiger partial charge in [-0.2, -0.15) is 4.39 Å². The van der Waals surface area contributed by atoms with Gasteiger partial charge in [-0.05, 0) is 47.7 Å². The molecule has 2 rings (SSSR count). The van der Waals surface area contributed by atoms with Crippen molar-refractivity contribution in [3.63, 3.8) is 0 Å². The third-order valence-corrected chi connectivity index (χ3v) is 3.10. The molecule has 0 atom stereocenters. The van der Waals surface area contributed by atoms with Gasteiger partial charge in [0.2, 0.25) is 5.95 Å². The Morgan fingerprint density at radius 2 is 2.29 bits per heavy atom. The van der Waals surface area contributed by atoms with E-state index in [4.69, 9.17) is 5.73 Å². The monoisotopic (exact) mass is 258 g/mol. The van der Waals surface area contributed by atoms with Crippen molar-refractivity contribution in [2.75, 3.05) is 0 Å². The standard InChI is InChI=1S/C10H12BrFN2/c11-8-5-7(9(12)14-6-8)1-2-10(13)3-4-10/h5-6H,1-4,13H2. The van der Waals surface area contributed by atoms with E-state index in [1.165, 1.54) is 6.20 Å². The molecule has 2 nitrogen and oxygen atoms in total. The SMILES string of the molecule is NC1(CCc2cc(Br)cnc2F)CC1. The lowest BCUT2D eigenvalue weighted by atomic mass is 10.1. The quantitative estimate of drug-likeness (QED) is 0.846. The number of aryl methyl sites for hydroxylation is 1. The summed E-state index contributed by atoms with van der Waals surface area (Å²) in [4.78, 5) is 3.65.